The van der Waals surface area contributed by atoms with Crippen molar-refractivity contribution in [1.82, 2.24) is 0 Å². The smallest absolute Gasteiger partial charge is 0.514 e. The molecule has 0 rings (SSSR count). The average Bonchev–Trinajstić information content (AvgIpc) is 3.22. The Kier molecular flexibility index (Phi) is 73.1. The predicted octanol–water partition coefficient (Wildman–Crippen LogP) is 18.9. The van der Waals surface area contributed by atoms with Crippen LogP contribution in [0.25, 0.3) is 0 Å². The minimum Gasteiger partial charge on any atom is -0.514 e. The van der Waals surface area contributed by atoms with Crippen LogP contribution in [0.4, 0.5) is 0 Å². The molecule has 3 nitrogen and oxygen atoms in total. The Morgan fingerprint density at radius 2 is 0.361 bits per heavy atom. The van der Waals surface area contributed by atoms with E-state index in [4.69, 9.17) is 14.2 Å². The molecule has 365 valence electrons. The molecular formula is C51H99FeO3S6. The summed E-state index contributed by atoms with van der Waals surface area (Å²) in [5.41, 5.74) is 0. The van der Waals surface area contributed by atoms with E-state index in [1.54, 1.807) is 0 Å². The fraction of sp³-hybridized carbons (Fsp3) is 0.941. The van der Waals surface area contributed by atoms with Crippen LogP contribution in [-0.2, 0) is 69.2 Å². The zero-order valence-corrected chi connectivity index (χ0v) is 46.4. The minimum absolute atomic E-state index is 0. The summed E-state index contributed by atoms with van der Waals surface area (Å²) in [5, 5.41) is 0. The van der Waals surface area contributed by atoms with E-state index in [1.807, 2.05) is 0 Å². The molecule has 0 saturated heterocycles. The third kappa shape index (κ3) is 78.4. The molecule has 0 aliphatic carbocycles. The van der Waals surface area contributed by atoms with Crippen molar-refractivity contribution in [2.75, 3.05) is 19.8 Å². The number of thiocarbonyl (C=S) groups is 3. The van der Waals surface area contributed by atoms with Gasteiger partial charge < -0.3 is 88.8 Å². The molecule has 0 atom stereocenters. The van der Waals surface area contributed by atoms with Crippen LogP contribution in [0.2, 0.25) is 0 Å². The Bertz CT molecular complexity index is 733. The Labute approximate surface area is 425 Å². The Morgan fingerprint density at radius 1 is 0.246 bits per heavy atom. The molecule has 0 heterocycles. The zero-order valence-electron chi connectivity index (χ0n) is 40.3. The van der Waals surface area contributed by atoms with Gasteiger partial charge in [0.25, 0.3) is 0 Å². The Morgan fingerprint density at radius 3 is 0.475 bits per heavy atom. The summed E-state index contributed by atoms with van der Waals surface area (Å²) in [5.74, 6) is 0. The second-order valence-electron chi connectivity index (χ2n) is 17.1. The van der Waals surface area contributed by atoms with E-state index in [-0.39, 0.29) is 30.2 Å². The van der Waals surface area contributed by atoms with Gasteiger partial charge in [0.05, 0.1) is 19.8 Å². The van der Waals surface area contributed by atoms with Gasteiger partial charge in [-0.05, 0) is 19.3 Å². The van der Waals surface area contributed by atoms with Gasteiger partial charge in [-0.25, -0.2) is 0 Å². The van der Waals surface area contributed by atoms with Crippen molar-refractivity contribution in [3.63, 3.8) is 0 Å². The van der Waals surface area contributed by atoms with Crippen LogP contribution in [-0.4, -0.2) is 33.0 Å². The standard InChI is InChI=1S/3C17H34OS2.Fe/c3*1-2-3-4-5-6-7-8-9-10-11-12-13-14-15-16-18-17(19)20;/h3*2-16H2,1H3,(H,19,20);/q;;;+3/p-3. The van der Waals surface area contributed by atoms with Crippen molar-refractivity contribution in [2.24, 2.45) is 0 Å². The first kappa shape index (κ1) is 68.4. The van der Waals surface area contributed by atoms with E-state index in [0.29, 0.717) is 19.8 Å². The van der Waals surface area contributed by atoms with Gasteiger partial charge >= 0.3 is 17.1 Å². The second-order valence-corrected chi connectivity index (χ2v) is 20.1. The molecule has 0 spiro atoms. The van der Waals surface area contributed by atoms with E-state index in [0.717, 1.165) is 19.3 Å². The van der Waals surface area contributed by atoms with Gasteiger partial charge in [0.15, 0.2) is 0 Å². The molecule has 0 amide bonds. The van der Waals surface area contributed by atoms with Gasteiger partial charge in [-0.2, -0.15) is 0 Å². The van der Waals surface area contributed by atoms with Gasteiger partial charge in [0.2, 0.25) is 0 Å². The number of ether oxygens (including phenoxy) is 3. The normalized spacial score (nSPS) is 10.5. The molecule has 0 aliphatic rings. The van der Waals surface area contributed by atoms with E-state index in [1.165, 1.54) is 250 Å². The van der Waals surface area contributed by atoms with Crippen molar-refractivity contribution >= 4 is 87.7 Å². The molecule has 0 unspecified atom stereocenters. The van der Waals surface area contributed by atoms with Crippen molar-refractivity contribution in [3.05, 3.63) is 0 Å². The van der Waals surface area contributed by atoms with Gasteiger partial charge in [-0.1, -0.05) is 271 Å². The SMILES string of the molecule is CCCCCCCCCCCCCCCCOC(=S)[S-].CCCCCCCCCCCCCCCCOC(=S)[S-].CCCCCCCCCCCCCCCCOC(=S)[S-].[Fe+3]. The monoisotopic (exact) mass is 1010 g/mol. The molecule has 0 aromatic carbocycles. The minimum atomic E-state index is 0. The molecule has 0 saturated carbocycles. The molecule has 0 fully saturated rings. The summed E-state index contributed by atoms with van der Waals surface area (Å²) in [6, 6.07) is 0. The van der Waals surface area contributed by atoms with Crippen LogP contribution in [0, 0.1) is 0 Å². The molecule has 0 aliphatic heterocycles. The van der Waals surface area contributed by atoms with Crippen molar-refractivity contribution in [2.45, 2.75) is 290 Å². The summed E-state index contributed by atoms with van der Waals surface area (Å²) < 4.78 is 16.1. The van der Waals surface area contributed by atoms with Crippen LogP contribution in [0.5, 0.6) is 0 Å². The number of hydrogen-bond acceptors (Lipinski definition) is 9. The number of hydrogen-bond donors (Lipinski definition) is 0. The molecule has 0 bridgehead atoms. The van der Waals surface area contributed by atoms with Crippen LogP contribution in [0.3, 0.4) is 0 Å². The Balaban J connectivity index is -0.000000396. The largest absolute Gasteiger partial charge is 3.00 e. The quantitative estimate of drug-likeness (QED) is 0.0256. The van der Waals surface area contributed by atoms with Crippen LogP contribution < -0.4 is 0 Å². The number of rotatable bonds is 45. The van der Waals surface area contributed by atoms with Gasteiger partial charge in [0, 0.05) is 13.1 Å². The first-order valence-corrected chi connectivity index (χ1v) is 28.3. The zero-order chi connectivity index (χ0) is 44.7. The third-order valence-electron chi connectivity index (χ3n) is 11.2. The van der Waals surface area contributed by atoms with Crippen molar-refractivity contribution < 1.29 is 31.3 Å². The summed E-state index contributed by atoms with van der Waals surface area (Å²) in [7, 11) is 0. The molecular weight excluding hydrogens is 909 g/mol. The fourth-order valence-electron chi connectivity index (χ4n) is 7.36. The predicted molar refractivity (Wildman–Crippen MR) is 289 cm³/mol. The summed E-state index contributed by atoms with van der Waals surface area (Å²) in [6.45, 7) is 8.96. The van der Waals surface area contributed by atoms with Gasteiger partial charge in [-0.3, -0.25) is 0 Å². The molecule has 0 N–H and O–H groups in total. The maximum atomic E-state index is 5.10. The van der Waals surface area contributed by atoms with Gasteiger partial charge in [0.1, 0.15) is 0 Å². The maximum absolute atomic E-state index is 5.10. The van der Waals surface area contributed by atoms with E-state index < -0.39 is 0 Å². The average molecular weight is 1010 g/mol. The van der Waals surface area contributed by atoms with E-state index >= 15 is 0 Å². The molecule has 10 heteroatoms. The molecule has 1 radical (unpaired) electrons. The maximum Gasteiger partial charge on any atom is 3.00 e. The van der Waals surface area contributed by atoms with Gasteiger partial charge in [-0.15, -0.1) is 0 Å². The third-order valence-corrected chi connectivity index (χ3v) is 11.9. The van der Waals surface area contributed by atoms with Crippen LogP contribution >= 0.6 is 36.7 Å². The molecule has 61 heavy (non-hydrogen) atoms. The Hall–Kier alpha value is 0.849. The van der Waals surface area contributed by atoms with Crippen LogP contribution in [0.15, 0.2) is 0 Å². The van der Waals surface area contributed by atoms with E-state index in [9.17, 15) is 0 Å². The van der Waals surface area contributed by atoms with Crippen molar-refractivity contribution in [1.29, 1.82) is 0 Å². The number of unbranched alkanes of at least 4 members (excludes halogenated alkanes) is 39. The second kappa shape index (κ2) is 65.1. The summed E-state index contributed by atoms with van der Waals surface area (Å²) in [6.07, 6.45) is 57.8. The fourth-order valence-corrected chi connectivity index (χ4v) is 7.86. The molecule has 0 aromatic heterocycles. The van der Waals surface area contributed by atoms with Crippen molar-refractivity contribution in [3.8, 4) is 0 Å². The van der Waals surface area contributed by atoms with E-state index in [2.05, 4.69) is 95.3 Å². The first-order chi connectivity index (χ1) is 29.3. The first-order valence-electron chi connectivity index (χ1n) is 25.8. The molecule has 0 aromatic rings. The summed E-state index contributed by atoms with van der Waals surface area (Å²) in [4.78, 5) is 0. The van der Waals surface area contributed by atoms with Crippen LogP contribution in [0.1, 0.15) is 290 Å². The topological polar surface area (TPSA) is 27.7 Å². The summed E-state index contributed by atoms with van der Waals surface area (Å²) >= 11 is 28.1.